The second-order valence-corrected chi connectivity index (χ2v) is 4.66. The van der Waals surface area contributed by atoms with E-state index in [4.69, 9.17) is 10.5 Å². The van der Waals surface area contributed by atoms with Gasteiger partial charge >= 0.3 is 5.97 Å². The van der Waals surface area contributed by atoms with Crippen molar-refractivity contribution >= 4 is 5.97 Å². The Morgan fingerprint density at radius 2 is 2.10 bits per heavy atom. The van der Waals surface area contributed by atoms with Crippen molar-refractivity contribution in [3.8, 4) is 0 Å². The molecule has 2 N–H and O–H groups in total. The highest BCUT2D eigenvalue weighted by molar-refractivity contribution is 5.82. The van der Waals surface area contributed by atoms with Crippen LogP contribution in [0.5, 0.6) is 0 Å². The number of rotatable bonds is 5. The van der Waals surface area contributed by atoms with Crippen molar-refractivity contribution in [3.63, 3.8) is 0 Å². The lowest BCUT2D eigenvalue weighted by Crippen LogP contribution is -2.49. The van der Waals surface area contributed by atoms with Gasteiger partial charge in [-0.2, -0.15) is 0 Å². The van der Waals surface area contributed by atoms with E-state index in [2.05, 4.69) is 4.98 Å². The van der Waals surface area contributed by atoms with Crippen LogP contribution >= 0.6 is 0 Å². The molecule has 0 aliphatic rings. The second-order valence-electron chi connectivity index (χ2n) is 4.66. The molecule has 1 heterocycles. The number of hydrogen-bond acceptors (Lipinski definition) is 4. The Morgan fingerprint density at radius 1 is 1.40 bits per heavy atom. The predicted octanol–water partition coefficient (Wildman–Crippen LogP) is 1.61. The van der Waals surface area contributed by atoms with Gasteiger partial charge in [-0.15, -0.1) is 0 Å². The molecule has 0 fully saturated rings. The zero-order chi connectivity index (χ0) is 14.6. The Labute approximate surface area is 118 Å². The molecule has 5 nitrogen and oxygen atoms in total. The maximum atomic E-state index is 12.3. The summed E-state index contributed by atoms with van der Waals surface area (Å²) in [4.78, 5) is 16.5. The maximum absolute atomic E-state index is 12.3. The van der Waals surface area contributed by atoms with Gasteiger partial charge in [0.2, 0.25) is 0 Å². The highest BCUT2D eigenvalue weighted by atomic mass is 16.5. The van der Waals surface area contributed by atoms with Gasteiger partial charge < -0.3 is 15.0 Å². The van der Waals surface area contributed by atoms with Crippen molar-refractivity contribution in [1.29, 1.82) is 0 Å². The molecule has 0 saturated heterocycles. The Bertz CT molecular complexity index is 580. The molecule has 20 heavy (non-hydrogen) atoms. The Morgan fingerprint density at radius 3 is 2.65 bits per heavy atom. The minimum atomic E-state index is -1.22. The van der Waals surface area contributed by atoms with Gasteiger partial charge in [0.05, 0.1) is 13.2 Å². The van der Waals surface area contributed by atoms with Crippen LogP contribution < -0.4 is 5.73 Å². The minimum Gasteiger partial charge on any atom is -0.464 e. The van der Waals surface area contributed by atoms with Crippen molar-refractivity contribution in [1.82, 2.24) is 9.55 Å². The van der Waals surface area contributed by atoms with E-state index in [0.29, 0.717) is 13.2 Å². The number of benzene rings is 1. The molecule has 106 valence electrons. The molecule has 0 bridgehead atoms. The van der Waals surface area contributed by atoms with Gasteiger partial charge in [-0.3, -0.25) is 0 Å². The first-order valence-corrected chi connectivity index (χ1v) is 6.57. The van der Waals surface area contributed by atoms with Crippen LogP contribution in [0.25, 0.3) is 0 Å². The SMILES string of the molecule is CCOC(=O)C(N)(Cn1ccnc1C)c1ccccc1. The molecule has 0 radical (unpaired) electrons. The fourth-order valence-electron chi connectivity index (χ4n) is 2.11. The van der Waals surface area contributed by atoms with Crippen LogP contribution in [0.15, 0.2) is 42.7 Å². The average Bonchev–Trinajstić information content (AvgIpc) is 2.85. The summed E-state index contributed by atoms with van der Waals surface area (Å²) in [5.41, 5.74) is 5.89. The number of ether oxygens (including phenoxy) is 1. The topological polar surface area (TPSA) is 70.1 Å². The third kappa shape index (κ3) is 2.72. The van der Waals surface area contributed by atoms with Gasteiger partial charge in [0.1, 0.15) is 5.82 Å². The summed E-state index contributed by atoms with van der Waals surface area (Å²) < 4.78 is 7.00. The van der Waals surface area contributed by atoms with Crippen LogP contribution in [-0.4, -0.2) is 22.1 Å². The van der Waals surface area contributed by atoms with Crippen molar-refractivity contribution in [3.05, 3.63) is 54.1 Å². The molecule has 1 atom stereocenters. The van der Waals surface area contributed by atoms with E-state index in [1.807, 2.05) is 41.8 Å². The minimum absolute atomic E-state index is 0.293. The molecule has 0 aliphatic carbocycles. The van der Waals surface area contributed by atoms with Crippen molar-refractivity contribution in [2.75, 3.05) is 6.61 Å². The van der Waals surface area contributed by atoms with E-state index in [1.165, 1.54) is 0 Å². The molecule has 0 spiro atoms. The molecule has 0 saturated carbocycles. The lowest BCUT2D eigenvalue weighted by Gasteiger charge is -2.28. The molecule has 0 aliphatic heterocycles. The number of aryl methyl sites for hydroxylation is 1. The normalized spacial score (nSPS) is 13.8. The number of esters is 1. The monoisotopic (exact) mass is 273 g/mol. The zero-order valence-corrected chi connectivity index (χ0v) is 11.7. The maximum Gasteiger partial charge on any atom is 0.332 e. The first-order chi connectivity index (χ1) is 9.58. The summed E-state index contributed by atoms with van der Waals surface area (Å²) in [7, 11) is 0. The van der Waals surface area contributed by atoms with Crippen LogP contribution in [0.2, 0.25) is 0 Å². The second kappa shape index (κ2) is 5.88. The molecule has 1 unspecified atom stereocenters. The molecule has 1 aromatic heterocycles. The number of nitrogens with two attached hydrogens (primary N) is 1. The van der Waals surface area contributed by atoms with Crippen LogP contribution in [0.1, 0.15) is 18.3 Å². The Hall–Kier alpha value is -2.14. The summed E-state index contributed by atoms with van der Waals surface area (Å²) in [5.74, 6) is 0.374. The smallest absolute Gasteiger partial charge is 0.332 e. The third-order valence-corrected chi connectivity index (χ3v) is 3.27. The van der Waals surface area contributed by atoms with Crippen molar-refractivity contribution < 1.29 is 9.53 Å². The number of carbonyl (C=O) groups excluding carboxylic acids is 1. The summed E-state index contributed by atoms with van der Waals surface area (Å²) >= 11 is 0. The molecule has 5 heteroatoms. The van der Waals surface area contributed by atoms with E-state index < -0.39 is 11.5 Å². The van der Waals surface area contributed by atoms with E-state index in [1.54, 1.807) is 19.3 Å². The van der Waals surface area contributed by atoms with Crippen molar-refractivity contribution in [2.24, 2.45) is 5.73 Å². The number of aromatic nitrogens is 2. The standard InChI is InChI=1S/C15H19N3O2/c1-3-20-14(19)15(16,13-7-5-4-6-8-13)11-18-10-9-17-12(18)2/h4-10H,3,11,16H2,1-2H3. The summed E-state index contributed by atoms with van der Waals surface area (Å²) in [6.07, 6.45) is 3.49. The quantitative estimate of drug-likeness (QED) is 0.840. The number of hydrogen-bond donors (Lipinski definition) is 1. The third-order valence-electron chi connectivity index (χ3n) is 3.27. The first kappa shape index (κ1) is 14.3. The largest absolute Gasteiger partial charge is 0.464 e. The van der Waals surface area contributed by atoms with Crippen LogP contribution in [0.3, 0.4) is 0 Å². The molecular formula is C15H19N3O2. The van der Waals surface area contributed by atoms with E-state index in [-0.39, 0.29) is 0 Å². The summed E-state index contributed by atoms with van der Waals surface area (Å²) in [5, 5.41) is 0. The molecule has 2 aromatic rings. The molecular weight excluding hydrogens is 254 g/mol. The molecule has 2 rings (SSSR count). The van der Waals surface area contributed by atoms with Gasteiger partial charge in [-0.25, -0.2) is 9.78 Å². The molecule has 0 amide bonds. The van der Waals surface area contributed by atoms with Gasteiger partial charge in [0, 0.05) is 12.4 Å². The lowest BCUT2D eigenvalue weighted by molar-refractivity contribution is -0.150. The lowest BCUT2D eigenvalue weighted by atomic mass is 9.90. The van der Waals surface area contributed by atoms with Gasteiger partial charge in [-0.1, -0.05) is 30.3 Å². The fraction of sp³-hybridized carbons (Fsp3) is 0.333. The van der Waals surface area contributed by atoms with E-state index >= 15 is 0 Å². The summed E-state index contributed by atoms with van der Waals surface area (Å²) in [6, 6.07) is 9.28. The molecule has 1 aromatic carbocycles. The fourth-order valence-corrected chi connectivity index (χ4v) is 2.11. The van der Waals surface area contributed by atoms with Crippen LogP contribution in [0, 0.1) is 6.92 Å². The number of imidazole rings is 1. The first-order valence-electron chi connectivity index (χ1n) is 6.57. The average molecular weight is 273 g/mol. The Kier molecular flexibility index (Phi) is 4.20. The van der Waals surface area contributed by atoms with Gasteiger partial charge in [-0.05, 0) is 19.4 Å². The van der Waals surface area contributed by atoms with E-state index in [9.17, 15) is 4.79 Å². The number of carbonyl (C=O) groups is 1. The van der Waals surface area contributed by atoms with Crippen LogP contribution in [0.4, 0.5) is 0 Å². The highest BCUT2D eigenvalue weighted by Gasteiger charge is 2.38. The summed E-state index contributed by atoms with van der Waals surface area (Å²) in [6.45, 7) is 4.23. The van der Waals surface area contributed by atoms with Gasteiger partial charge in [0.25, 0.3) is 0 Å². The van der Waals surface area contributed by atoms with Crippen LogP contribution in [-0.2, 0) is 21.6 Å². The van der Waals surface area contributed by atoms with Gasteiger partial charge in [0.15, 0.2) is 5.54 Å². The highest BCUT2D eigenvalue weighted by Crippen LogP contribution is 2.23. The van der Waals surface area contributed by atoms with E-state index in [0.717, 1.165) is 11.4 Å². The zero-order valence-electron chi connectivity index (χ0n) is 11.7. The number of nitrogens with zero attached hydrogens (tertiary/aromatic N) is 2. The van der Waals surface area contributed by atoms with Crippen molar-refractivity contribution in [2.45, 2.75) is 25.9 Å². The Balaban J connectivity index is 2.39. The predicted molar refractivity (Wildman–Crippen MR) is 75.9 cm³/mol.